The number of hydrogen-bond donors (Lipinski definition) is 1. The molecule has 162 valence electrons. The maximum atomic E-state index is 12.9. The maximum Gasteiger partial charge on any atom is 0.243 e. The van der Waals surface area contributed by atoms with Gasteiger partial charge in [-0.15, -0.1) is 0 Å². The summed E-state index contributed by atoms with van der Waals surface area (Å²) in [6.07, 6.45) is 1.79. The van der Waals surface area contributed by atoms with Crippen LogP contribution in [0.4, 0.5) is 11.4 Å². The number of fused-ring (bicyclic) bond motifs is 1. The number of carbonyl (C=O) groups excluding carboxylic acids is 1. The van der Waals surface area contributed by atoms with Crippen LogP contribution in [0.15, 0.2) is 88.8 Å². The van der Waals surface area contributed by atoms with E-state index < -0.39 is 15.9 Å². The summed E-state index contributed by atoms with van der Waals surface area (Å²) in [5.41, 5.74) is 3.74. The van der Waals surface area contributed by atoms with Gasteiger partial charge >= 0.3 is 0 Å². The molecule has 2 aliphatic heterocycles. The van der Waals surface area contributed by atoms with Crippen LogP contribution in [-0.2, 0) is 14.8 Å². The molecule has 0 saturated carbocycles. The van der Waals surface area contributed by atoms with Gasteiger partial charge in [0.05, 0.1) is 16.3 Å². The lowest BCUT2D eigenvalue weighted by atomic mass is 9.90. The number of anilines is 1. The summed E-state index contributed by atoms with van der Waals surface area (Å²) in [6, 6.07) is 23.8. The zero-order valence-corrected chi connectivity index (χ0v) is 18.3. The van der Waals surface area contributed by atoms with Gasteiger partial charge in [-0.05, 0) is 54.3 Å². The van der Waals surface area contributed by atoms with Crippen molar-refractivity contribution in [1.82, 2.24) is 4.31 Å². The highest BCUT2D eigenvalue weighted by molar-refractivity contribution is 7.89. The quantitative estimate of drug-likeness (QED) is 0.594. The van der Waals surface area contributed by atoms with Crippen LogP contribution in [0.2, 0.25) is 0 Å². The second kappa shape index (κ2) is 8.33. The number of nitrogens with zero attached hydrogens (tertiary/aromatic N) is 2. The molecule has 1 atom stereocenters. The molecule has 2 aliphatic rings. The van der Waals surface area contributed by atoms with Gasteiger partial charge in [-0.2, -0.15) is 4.31 Å². The molecule has 1 saturated heterocycles. The number of para-hydroxylation sites is 1. The fourth-order valence-corrected chi connectivity index (χ4v) is 5.81. The molecule has 5 rings (SSSR count). The summed E-state index contributed by atoms with van der Waals surface area (Å²) >= 11 is 0. The lowest BCUT2D eigenvalue weighted by molar-refractivity contribution is -0.115. The van der Waals surface area contributed by atoms with Crippen LogP contribution in [0.5, 0.6) is 0 Å². The Hall–Kier alpha value is -3.29. The van der Waals surface area contributed by atoms with Gasteiger partial charge in [-0.3, -0.25) is 9.79 Å². The van der Waals surface area contributed by atoms with Gasteiger partial charge < -0.3 is 5.32 Å². The average molecular weight is 446 g/mol. The van der Waals surface area contributed by atoms with Crippen molar-refractivity contribution < 1.29 is 13.2 Å². The molecule has 0 radical (unpaired) electrons. The van der Waals surface area contributed by atoms with Crippen molar-refractivity contribution in [3.8, 4) is 0 Å². The van der Waals surface area contributed by atoms with Crippen LogP contribution in [0.1, 0.15) is 29.9 Å². The van der Waals surface area contributed by atoms with Gasteiger partial charge in [-0.25, -0.2) is 8.42 Å². The zero-order chi connectivity index (χ0) is 22.1. The molecule has 0 aromatic heterocycles. The molecular weight excluding hydrogens is 422 g/mol. The third-order valence-electron chi connectivity index (χ3n) is 5.92. The molecule has 3 aromatic rings. The Labute approximate surface area is 187 Å². The number of rotatable bonds is 5. The predicted octanol–water partition coefficient (Wildman–Crippen LogP) is 4.33. The van der Waals surface area contributed by atoms with Crippen molar-refractivity contribution in [3.63, 3.8) is 0 Å². The molecule has 3 aromatic carbocycles. The molecule has 2 heterocycles. The summed E-state index contributed by atoms with van der Waals surface area (Å²) in [6.45, 7) is 1.13. The van der Waals surface area contributed by atoms with Crippen LogP contribution in [-0.4, -0.2) is 37.4 Å². The molecule has 1 unspecified atom stereocenters. The summed E-state index contributed by atoms with van der Waals surface area (Å²) in [5, 5.41) is 2.94. The molecule has 6 nitrogen and oxygen atoms in total. The Balaban J connectivity index is 1.55. The minimum absolute atomic E-state index is 0.123. The van der Waals surface area contributed by atoms with E-state index in [1.807, 2.05) is 54.6 Å². The second-order valence-electron chi connectivity index (χ2n) is 7.98. The van der Waals surface area contributed by atoms with Gasteiger partial charge in [0.15, 0.2) is 0 Å². The lowest BCUT2D eigenvalue weighted by Gasteiger charge is -2.16. The van der Waals surface area contributed by atoms with Gasteiger partial charge in [0.1, 0.15) is 5.92 Å². The first-order valence-corrected chi connectivity index (χ1v) is 12.1. The molecule has 32 heavy (non-hydrogen) atoms. The Kier molecular flexibility index (Phi) is 5.36. The Bertz CT molecular complexity index is 1280. The fraction of sp³-hybridized carbons (Fsp3) is 0.200. The van der Waals surface area contributed by atoms with E-state index in [0.717, 1.165) is 29.7 Å². The molecule has 0 bridgehead atoms. The monoisotopic (exact) mass is 445 g/mol. The van der Waals surface area contributed by atoms with Crippen molar-refractivity contribution in [2.75, 3.05) is 18.4 Å². The molecular formula is C25H23N3O3S. The minimum Gasteiger partial charge on any atom is -0.325 e. The third kappa shape index (κ3) is 3.74. The smallest absolute Gasteiger partial charge is 0.243 e. The highest BCUT2D eigenvalue weighted by Gasteiger charge is 2.35. The Morgan fingerprint density at radius 2 is 1.53 bits per heavy atom. The largest absolute Gasteiger partial charge is 0.325 e. The summed E-state index contributed by atoms with van der Waals surface area (Å²) < 4.78 is 27.2. The number of hydrogen-bond acceptors (Lipinski definition) is 4. The van der Waals surface area contributed by atoms with Gasteiger partial charge in [0.25, 0.3) is 0 Å². The van der Waals surface area contributed by atoms with E-state index in [4.69, 9.17) is 4.99 Å². The SMILES string of the molecule is O=C1Nc2ccccc2C1C(=Nc1ccc(S(=O)(=O)N2CCCC2)cc1)c1ccccc1. The van der Waals surface area contributed by atoms with Crippen molar-refractivity contribution in [2.24, 2.45) is 4.99 Å². The van der Waals surface area contributed by atoms with E-state index in [0.29, 0.717) is 24.5 Å². The minimum atomic E-state index is -3.48. The molecule has 0 spiro atoms. The average Bonchev–Trinajstić information content (AvgIpc) is 3.47. The highest BCUT2D eigenvalue weighted by atomic mass is 32.2. The van der Waals surface area contributed by atoms with Crippen LogP contribution >= 0.6 is 0 Å². The number of sulfonamides is 1. The molecule has 1 fully saturated rings. The fourth-order valence-electron chi connectivity index (χ4n) is 4.29. The Morgan fingerprint density at radius 3 is 2.25 bits per heavy atom. The topological polar surface area (TPSA) is 78.8 Å². The molecule has 7 heteroatoms. The van der Waals surface area contributed by atoms with E-state index in [1.165, 1.54) is 4.31 Å². The first-order valence-electron chi connectivity index (χ1n) is 10.7. The van der Waals surface area contributed by atoms with Crippen molar-refractivity contribution >= 4 is 33.0 Å². The van der Waals surface area contributed by atoms with E-state index in [1.54, 1.807) is 24.3 Å². The van der Waals surface area contributed by atoms with Gasteiger partial charge in [-0.1, -0.05) is 48.5 Å². The molecule has 1 N–H and O–H groups in total. The predicted molar refractivity (Wildman–Crippen MR) is 125 cm³/mol. The maximum absolute atomic E-state index is 12.9. The van der Waals surface area contributed by atoms with Crippen LogP contribution in [0.25, 0.3) is 0 Å². The van der Waals surface area contributed by atoms with Gasteiger partial charge in [0.2, 0.25) is 15.9 Å². The normalized spacial score (nSPS) is 19.1. The van der Waals surface area contributed by atoms with E-state index in [9.17, 15) is 13.2 Å². The van der Waals surface area contributed by atoms with Crippen LogP contribution in [0.3, 0.4) is 0 Å². The van der Waals surface area contributed by atoms with Crippen molar-refractivity contribution in [3.05, 3.63) is 90.0 Å². The molecule has 0 aliphatic carbocycles. The number of benzene rings is 3. The first kappa shape index (κ1) is 20.6. The number of amides is 1. The van der Waals surface area contributed by atoms with Crippen LogP contribution in [0, 0.1) is 0 Å². The van der Waals surface area contributed by atoms with E-state index >= 15 is 0 Å². The summed E-state index contributed by atoms with van der Waals surface area (Å²) in [5.74, 6) is -0.663. The Morgan fingerprint density at radius 1 is 0.875 bits per heavy atom. The number of nitrogens with one attached hydrogen (secondary N) is 1. The van der Waals surface area contributed by atoms with Crippen LogP contribution < -0.4 is 5.32 Å². The second-order valence-corrected chi connectivity index (χ2v) is 9.92. The van der Waals surface area contributed by atoms with Crippen molar-refractivity contribution in [1.29, 1.82) is 0 Å². The standard InChI is InChI=1S/C25H23N3O3S/c29-25-23(21-10-4-5-11-22(21)27-25)24(18-8-2-1-3-9-18)26-19-12-14-20(15-13-19)32(30,31)28-16-6-7-17-28/h1-5,8-15,23H,6-7,16-17H2,(H,27,29). The summed E-state index contributed by atoms with van der Waals surface area (Å²) in [7, 11) is -3.48. The third-order valence-corrected chi connectivity index (χ3v) is 7.84. The van der Waals surface area contributed by atoms with E-state index in [-0.39, 0.29) is 10.8 Å². The lowest BCUT2D eigenvalue weighted by Crippen LogP contribution is -2.27. The first-order chi connectivity index (χ1) is 15.5. The van der Waals surface area contributed by atoms with Crippen molar-refractivity contribution in [2.45, 2.75) is 23.7 Å². The number of carbonyl (C=O) groups is 1. The highest BCUT2D eigenvalue weighted by Crippen LogP contribution is 2.36. The number of aliphatic imine (C=N–C) groups is 1. The van der Waals surface area contributed by atoms with E-state index in [2.05, 4.69) is 5.32 Å². The summed E-state index contributed by atoms with van der Waals surface area (Å²) in [4.78, 5) is 18.0. The molecule has 1 amide bonds. The zero-order valence-electron chi connectivity index (χ0n) is 17.4. The van der Waals surface area contributed by atoms with Gasteiger partial charge in [0, 0.05) is 18.8 Å².